The summed E-state index contributed by atoms with van der Waals surface area (Å²) in [6.45, 7) is 9.94. The largest absolute Gasteiger partial charge is 0.493 e. The van der Waals surface area contributed by atoms with Crippen molar-refractivity contribution in [3.8, 4) is 28.0 Å². The maximum Gasteiger partial charge on any atom is 0.333 e. The monoisotopic (exact) mass is 502 g/mol. The molecule has 0 spiro atoms. The van der Waals surface area contributed by atoms with Crippen LogP contribution in [0, 0.1) is 12.8 Å². The van der Waals surface area contributed by atoms with Crippen molar-refractivity contribution >= 4 is 5.97 Å². The van der Waals surface area contributed by atoms with Crippen LogP contribution in [0.1, 0.15) is 37.0 Å². The number of hydrogen-bond donors (Lipinski definition) is 2. The van der Waals surface area contributed by atoms with Crippen molar-refractivity contribution < 1.29 is 24.5 Å². The number of carbonyl (C=O) groups is 1. The van der Waals surface area contributed by atoms with E-state index in [4.69, 9.17) is 9.47 Å². The van der Waals surface area contributed by atoms with Crippen molar-refractivity contribution in [1.29, 1.82) is 0 Å². The van der Waals surface area contributed by atoms with Gasteiger partial charge in [0.25, 0.3) is 0 Å². The third-order valence-electron chi connectivity index (χ3n) is 6.50. The van der Waals surface area contributed by atoms with Crippen molar-refractivity contribution in [2.45, 2.75) is 40.0 Å². The second-order valence-corrected chi connectivity index (χ2v) is 9.45. The summed E-state index contributed by atoms with van der Waals surface area (Å²) in [5.74, 6) is 0.0878. The highest BCUT2D eigenvalue weighted by Gasteiger charge is 2.13. The molecule has 5 heteroatoms. The molecule has 196 valence electrons. The highest BCUT2D eigenvalue weighted by molar-refractivity contribution is 5.86. The Kier molecular flexibility index (Phi) is 10.5. The zero-order valence-electron chi connectivity index (χ0n) is 22.1. The van der Waals surface area contributed by atoms with Crippen LogP contribution in [0.2, 0.25) is 0 Å². The van der Waals surface area contributed by atoms with E-state index in [9.17, 15) is 15.0 Å². The van der Waals surface area contributed by atoms with Gasteiger partial charge in [-0.3, -0.25) is 0 Å². The second kappa shape index (κ2) is 13.8. The van der Waals surface area contributed by atoms with Crippen molar-refractivity contribution in [3.05, 3.63) is 89.5 Å². The molecule has 0 saturated heterocycles. The second-order valence-electron chi connectivity index (χ2n) is 9.45. The first-order valence-corrected chi connectivity index (χ1v) is 12.9. The molecule has 0 aliphatic carbocycles. The number of ether oxygens (including phenoxy) is 2. The number of esters is 1. The molecule has 2 N–H and O–H groups in total. The molecule has 0 amide bonds. The van der Waals surface area contributed by atoms with E-state index < -0.39 is 5.97 Å². The van der Waals surface area contributed by atoms with Crippen LogP contribution in [0.25, 0.3) is 22.3 Å². The Bertz CT molecular complexity index is 1190. The standard InChI is InChI=1S/C32H38O5/c1-5-25-18-27(26-8-6-23(4)7-9-26)10-12-30(25)28-11-13-31(36-16-14-24(20-33)21-34)29(19-28)15-17-37-32(35)22(2)3/h6-13,18-19,24,33-34H,2,5,14-17,20-21H2,1,3-4H3. The number of aliphatic hydroxyl groups excluding tert-OH is 2. The minimum atomic E-state index is -0.410. The summed E-state index contributed by atoms with van der Waals surface area (Å²) in [7, 11) is 0. The number of carbonyl (C=O) groups excluding carboxylic acids is 1. The fraction of sp³-hybridized carbons (Fsp3) is 0.344. The average Bonchev–Trinajstić information content (AvgIpc) is 2.91. The fourth-order valence-corrected chi connectivity index (χ4v) is 4.13. The predicted octanol–water partition coefficient (Wildman–Crippen LogP) is 5.92. The summed E-state index contributed by atoms with van der Waals surface area (Å²) < 4.78 is 11.4. The summed E-state index contributed by atoms with van der Waals surface area (Å²) in [4.78, 5) is 11.9. The van der Waals surface area contributed by atoms with Gasteiger partial charge in [0, 0.05) is 31.1 Å². The number of hydrogen-bond acceptors (Lipinski definition) is 5. The number of rotatable bonds is 13. The van der Waals surface area contributed by atoms with Gasteiger partial charge in [-0.15, -0.1) is 0 Å². The Hall–Kier alpha value is -3.41. The van der Waals surface area contributed by atoms with Gasteiger partial charge in [-0.25, -0.2) is 4.79 Å². The Morgan fingerprint density at radius 2 is 1.54 bits per heavy atom. The first-order valence-electron chi connectivity index (χ1n) is 12.9. The van der Waals surface area contributed by atoms with Crippen LogP contribution in [-0.4, -0.2) is 42.6 Å². The van der Waals surface area contributed by atoms with E-state index >= 15 is 0 Å². The lowest BCUT2D eigenvalue weighted by atomic mass is 9.92. The van der Waals surface area contributed by atoms with Crippen LogP contribution in [0.3, 0.4) is 0 Å². The van der Waals surface area contributed by atoms with Gasteiger partial charge in [0.1, 0.15) is 5.75 Å². The van der Waals surface area contributed by atoms with Crippen molar-refractivity contribution in [1.82, 2.24) is 0 Å². The molecule has 3 aromatic carbocycles. The summed E-state index contributed by atoms with van der Waals surface area (Å²) in [5.41, 5.74) is 8.40. The highest BCUT2D eigenvalue weighted by atomic mass is 16.5. The first-order chi connectivity index (χ1) is 17.9. The van der Waals surface area contributed by atoms with Crippen LogP contribution >= 0.6 is 0 Å². The van der Waals surface area contributed by atoms with Crippen LogP contribution in [0.4, 0.5) is 0 Å². The SMILES string of the molecule is C=C(C)C(=O)OCCc1cc(-c2ccc(-c3ccc(C)cc3)cc2CC)ccc1OCCC(CO)CO. The van der Waals surface area contributed by atoms with Crippen molar-refractivity contribution in [2.75, 3.05) is 26.4 Å². The predicted molar refractivity (Wildman–Crippen MR) is 149 cm³/mol. The maximum absolute atomic E-state index is 11.9. The number of aliphatic hydroxyl groups is 2. The molecule has 0 aliphatic heterocycles. The van der Waals surface area contributed by atoms with Gasteiger partial charge in [0.15, 0.2) is 0 Å². The molecule has 0 radical (unpaired) electrons. The molecule has 5 nitrogen and oxygen atoms in total. The van der Waals surface area contributed by atoms with Gasteiger partial charge >= 0.3 is 5.97 Å². The van der Waals surface area contributed by atoms with Gasteiger partial charge in [-0.05, 0) is 72.2 Å². The molecule has 0 aromatic heterocycles. The number of aryl methyl sites for hydroxylation is 2. The third-order valence-corrected chi connectivity index (χ3v) is 6.50. The van der Waals surface area contributed by atoms with E-state index in [1.54, 1.807) is 6.92 Å². The maximum atomic E-state index is 11.9. The van der Waals surface area contributed by atoms with Crippen LogP contribution in [0.5, 0.6) is 5.75 Å². The molecule has 0 heterocycles. The first kappa shape index (κ1) is 28.2. The summed E-state index contributed by atoms with van der Waals surface area (Å²) in [5, 5.41) is 18.7. The molecule has 0 fully saturated rings. The lowest BCUT2D eigenvalue weighted by Crippen LogP contribution is -2.15. The normalized spacial score (nSPS) is 11.0. The Morgan fingerprint density at radius 1 is 0.892 bits per heavy atom. The molecule has 0 aliphatic rings. The van der Waals surface area contributed by atoms with Crippen molar-refractivity contribution in [2.24, 2.45) is 5.92 Å². The van der Waals surface area contributed by atoms with E-state index in [-0.39, 0.29) is 25.7 Å². The Balaban J connectivity index is 1.88. The van der Waals surface area contributed by atoms with Crippen molar-refractivity contribution in [3.63, 3.8) is 0 Å². The number of benzene rings is 3. The topological polar surface area (TPSA) is 76.0 Å². The molecule has 0 saturated carbocycles. The average molecular weight is 503 g/mol. The zero-order chi connectivity index (χ0) is 26.8. The quantitative estimate of drug-likeness (QED) is 0.224. The molecular weight excluding hydrogens is 464 g/mol. The van der Waals surface area contributed by atoms with Crippen LogP contribution in [0.15, 0.2) is 72.8 Å². The smallest absolute Gasteiger partial charge is 0.333 e. The molecular formula is C32H38O5. The molecule has 37 heavy (non-hydrogen) atoms. The lowest BCUT2D eigenvalue weighted by Gasteiger charge is -2.17. The third kappa shape index (κ3) is 7.78. The van der Waals surface area contributed by atoms with E-state index in [1.165, 1.54) is 22.3 Å². The van der Waals surface area contributed by atoms with E-state index in [1.807, 2.05) is 12.1 Å². The summed E-state index contributed by atoms with van der Waals surface area (Å²) >= 11 is 0. The minimum absolute atomic E-state index is 0.0825. The molecule has 0 unspecified atom stereocenters. The van der Waals surface area contributed by atoms with Gasteiger partial charge in [-0.2, -0.15) is 0 Å². The molecule has 3 rings (SSSR count). The van der Waals surface area contributed by atoms with Gasteiger partial charge in [-0.1, -0.05) is 67.6 Å². The summed E-state index contributed by atoms with van der Waals surface area (Å²) in [6, 6.07) is 21.2. The van der Waals surface area contributed by atoms with Crippen LogP contribution < -0.4 is 4.74 Å². The molecule has 0 atom stereocenters. The van der Waals surface area contributed by atoms with Gasteiger partial charge < -0.3 is 19.7 Å². The Labute approximate surface area is 220 Å². The highest BCUT2D eigenvalue weighted by Crippen LogP contribution is 2.33. The van der Waals surface area contributed by atoms with E-state index in [0.717, 1.165) is 23.1 Å². The minimum Gasteiger partial charge on any atom is -0.493 e. The zero-order valence-corrected chi connectivity index (χ0v) is 22.1. The molecule has 3 aromatic rings. The van der Waals surface area contributed by atoms with E-state index in [0.29, 0.717) is 30.8 Å². The molecule has 0 bridgehead atoms. The van der Waals surface area contributed by atoms with Crippen LogP contribution in [-0.2, 0) is 22.4 Å². The van der Waals surface area contributed by atoms with E-state index in [2.05, 4.69) is 69.0 Å². The van der Waals surface area contributed by atoms with Gasteiger partial charge in [0.05, 0.1) is 13.2 Å². The summed E-state index contributed by atoms with van der Waals surface area (Å²) in [6.07, 6.45) is 1.93. The van der Waals surface area contributed by atoms with Gasteiger partial charge in [0.2, 0.25) is 0 Å². The lowest BCUT2D eigenvalue weighted by molar-refractivity contribution is -0.138. The Morgan fingerprint density at radius 3 is 2.19 bits per heavy atom. The fourth-order valence-electron chi connectivity index (χ4n) is 4.13.